The maximum atomic E-state index is 12.0. The number of nitrogen functional groups attached to an aromatic ring is 1. The van der Waals surface area contributed by atoms with E-state index in [1.165, 1.54) is 18.2 Å². The van der Waals surface area contributed by atoms with Gasteiger partial charge in [-0.2, -0.15) is 0 Å². The molecule has 0 aromatic heterocycles. The molecule has 0 saturated heterocycles. The van der Waals surface area contributed by atoms with Crippen molar-refractivity contribution in [2.75, 3.05) is 5.73 Å². The van der Waals surface area contributed by atoms with Gasteiger partial charge in [0.2, 0.25) is 0 Å². The Kier molecular flexibility index (Phi) is 3.45. The molecule has 0 heterocycles. The van der Waals surface area contributed by atoms with Gasteiger partial charge in [0.15, 0.2) is 0 Å². The fourth-order valence-corrected chi connectivity index (χ4v) is 2.24. The van der Waals surface area contributed by atoms with Crippen LogP contribution in [0, 0.1) is 10.1 Å². The van der Waals surface area contributed by atoms with Gasteiger partial charge < -0.3 is 11.1 Å². The smallest absolute Gasteiger partial charge is 0.292 e. The molecule has 2 rings (SSSR count). The number of rotatable bonds is 3. The first kappa shape index (κ1) is 12.3. The van der Waals surface area contributed by atoms with Gasteiger partial charge in [0.25, 0.3) is 11.6 Å². The van der Waals surface area contributed by atoms with Crippen molar-refractivity contribution in [2.24, 2.45) is 0 Å². The van der Waals surface area contributed by atoms with E-state index in [0.29, 0.717) is 0 Å². The number of carbonyl (C=O) groups excluding carboxylic acids is 1. The average Bonchev–Trinajstić information content (AvgIpc) is 2.81. The maximum Gasteiger partial charge on any atom is 0.292 e. The molecule has 1 aliphatic carbocycles. The van der Waals surface area contributed by atoms with Crippen LogP contribution >= 0.6 is 0 Å². The number of nitrogens with one attached hydrogen (secondary N) is 1. The number of carbonyl (C=O) groups is 1. The van der Waals surface area contributed by atoms with Gasteiger partial charge in [-0.05, 0) is 18.9 Å². The first-order valence-electron chi connectivity index (χ1n) is 5.93. The molecule has 0 unspecified atom stereocenters. The summed E-state index contributed by atoms with van der Waals surface area (Å²) >= 11 is 0. The van der Waals surface area contributed by atoms with Gasteiger partial charge in [-0.3, -0.25) is 14.9 Å². The molecule has 1 saturated carbocycles. The molecule has 0 radical (unpaired) electrons. The minimum Gasteiger partial charge on any atom is -0.393 e. The summed E-state index contributed by atoms with van der Waals surface area (Å²) in [7, 11) is 0. The molecule has 96 valence electrons. The number of hydrogen-bond acceptors (Lipinski definition) is 4. The molecule has 0 atom stereocenters. The number of anilines is 1. The highest BCUT2D eigenvalue weighted by atomic mass is 16.6. The SMILES string of the molecule is Nc1c(C(=O)NC2CCCC2)cccc1[N+](=O)[O-]. The van der Waals surface area contributed by atoms with Gasteiger partial charge in [0, 0.05) is 12.1 Å². The highest BCUT2D eigenvalue weighted by Gasteiger charge is 2.22. The summed E-state index contributed by atoms with van der Waals surface area (Å²) in [6, 6.07) is 4.43. The third-order valence-electron chi connectivity index (χ3n) is 3.21. The Morgan fingerprint density at radius 3 is 2.67 bits per heavy atom. The van der Waals surface area contributed by atoms with Gasteiger partial charge in [0.1, 0.15) is 5.69 Å². The van der Waals surface area contributed by atoms with Crippen LogP contribution in [0.3, 0.4) is 0 Å². The van der Waals surface area contributed by atoms with Crippen molar-refractivity contribution < 1.29 is 9.72 Å². The van der Waals surface area contributed by atoms with E-state index in [2.05, 4.69) is 5.32 Å². The molecule has 6 heteroatoms. The molecule has 6 nitrogen and oxygen atoms in total. The fourth-order valence-electron chi connectivity index (χ4n) is 2.24. The Balaban J connectivity index is 2.19. The van der Waals surface area contributed by atoms with Crippen LogP contribution in [0.5, 0.6) is 0 Å². The first-order valence-corrected chi connectivity index (χ1v) is 5.93. The van der Waals surface area contributed by atoms with Crippen LogP contribution in [-0.4, -0.2) is 16.9 Å². The van der Waals surface area contributed by atoms with Gasteiger partial charge >= 0.3 is 0 Å². The Hall–Kier alpha value is -2.11. The lowest BCUT2D eigenvalue weighted by molar-refractivity contribution is -0.383. The topological polar surface area (TPSA) is 98.3 Å². The fraction of sp³-hybridized carbons (Fsp3) is 0.417. The quantitative estimate of drug-likeness (QED) is 0.485. The number of hydrogen-bond donors (Lipinski definition) is 2. The molecule has 1 fully saturated rings. The van der Waals surface area contributed by atoms with Gasteiger partial charge in [-0.25, -0.2) is 0 Å². The minimum atomic E-state index is -0.582. The number of para-hydroxylation sites is 1. The second-order valence-corrected chi connectivity index (χ2v) is 4.45. The summed E-state index contributed by atoms with van der Waals surface area (Å²) in [6.07, 6.45) is 4.13. The van der Waals surface area contributed by atoms with Crippen molar-refractivity contribution in [2.45, 2.75) is 31.7 Å². The standard InChI is InChI=1S/C12H15N3O3/c13-11-9(6-3-7-10(11)15(17)18)12(16)14-8-4-1-2-5-8/h3,6-8H,1-2,4-5,13H2,(H,14,16). The summed E-state index contributed by atoms with van der Waals surface area (Å²) < 4.78 is 0. The average molecular weight is 249 g/mol. The van der Waals surface area contributed by atoms with E-state index < -0.39 is 4.92 Å². The zero-order chi connectivity index (χ0) is 13.1. The Morgan fingerprint density at radius 1 is 1.39 bits per heavy atom. The van der Waals surface area contributed by atoms with Crippen LogP contribution in [-0.2, 0) is 0 Å². The monoisotopic (exact) mass is 249 g/mol. The minimum absolute atomic E-state index is 0.0713. The van der Waals surface area contributed by atoms with Crippen LogP contribution < -0.4 is 11.1 Å². The summed E-state index contributed by atoms with van der Waals surface area (Å²) in [5, 5.41) is 13.6. The maximum absolute atomic E-state index is 12.0. The number of nitro benzene ring substituents is 1. The number of nitrogens with zero attached hydrogens (tertiary/aromatic N) is 1. The van der Waals surface area contributed by atoms with E-state index >= 15 is 0 Å². The number of benzene rings is 1. The molecular weight excluding hydrogens is 234 g/mol. The molecule has 0 aliphatic heterocycles. The van der Waals surface area contributed by atoms with E-state index in [9.17, 15) is 14.9 Å². The van der Waals surface area contributed by atoms with Crippen molar-refractivity contribution in [3.8, 4) is 0 Å². The molecule has 3 N–H and O–H groups in total. The van der Waals surface area contributed by atoms with Crippen LogP contribution in [0.1, 0.15) is 36.0 Å². The Bertz CT molecular complexity index is 481. The van der Waals surface area contributed by atoms with Crippen LogP contribution in [0.15, 0.2) is 18.2 Å². The van der Waals surface area contributed by atoms with Gasteiger partial charge in [0.05, 0.1) is 10.5 Å². The van der Waals surface area contributed by atoms with Crippen LogP contribution in [0.2, 0.25) is 0 Å². The second-order valence-electron chi connectivity index (χ2n) is 4.45. The number of amides is 1. The third-order valence-corrected chi connectivity index (χ3v) is 3.21. The molecule has 1 amide bonds. The van der Waals surface area contributed by atoms with E-state index in [4.69, 9.17) is 5.73 Å². The summed E-state index contributed by atoms with van der Waals surface area (Å²) in [5.41, 5.74) is 5.53. The van der Waals surface area contributed by atoms with Gasteiger partial charge in [-0.1, -0.05) is 18.9 Å². The van der Waals surface area contributed by atoms with Crippen molar-refractivity contribution in [1.82, 2.24) is 5.32 Å². The highest BCUT2D eigenvalue weighted by Crippen LogP contribution is 2.25. The molecular formula is C12H15N3O3. The Labute approximate surface area is 104 Å². The lowest BCUT2D eigenvalue weighted by atomic mass is 10.1. The second kappa shape index (κ2) is 5.03. The van der Waals surface area contributed by atoms with E-state index in [1.54, 1.807) is 0 Å². The normalized spacial score (nSPS) is 15.6. The van der Waals surface area contributed by atoms with E-state index in [-0.39, 0.29) is 28.9 Å². The summed E-state index contributed by atoms with van der Waals surface area (Å²) in [4.78, 5) is 22.1. The summed E-state index contributed by atoms with van der Waals surface area (Å²) in [5.74, 6) is -0.330. The van der Waals surface area contributed by atoms with Crippen molar-refractivity contribution >= 4 is 17.3 Å². The zero-order valence-corrected chi connectivity index (χ0v) is 9.89. The number of nitro groups is 1. The summed E-state index contributed by atoms with van der Waals surface area (Å²) in [6.45, 7) is 0. The Morgan fingerprint density at radius 2 is 2.06 bits per heavy atom. The number of nitrogens with two attached hydrogens (primary N) is 1. The van der Waals surface area contributed by atoms with Crippen LogP contribution in [0.25, 0.3) is 0 Å². The molecule has 1 aromatic carbocycles. The highest BCUT2D eigenvalue weighted by molar-refractivity contribution is 6.01. The van der Waals surface area contributed by atoms with E-state index in [0.717, 1.165) is 25.7 Å². The van der Waals surface area contributed by atoms with E-state index in [1.807, 2.05) is 0 Å². The van der Waals surface area contributed by atoms with Crippen molar-refractivity contribution in [3.63, 3.8) is 0 Å². The van der Waals surface area contributed by atoms with Crippen LogP contribution in [0.4, 0.5) is 11.4 Å². The molecule has 18 heavy (non-hydrogen) atoms. The van der Waals surface area contributed by atoms with Gasteiger partial charge in [-0.15, -0.1) is 0 Å². The molecule has 1 aliphatic rings. The molecule has 0 spiro atoms. The van der Waals surface area contributed by atoms with Crippen molar-refractivity contribution in [3.05, 3.63) is 33.9 Å². The predicted molar refractivity (Wildman–Crippen MR) is 67.2 cm³/mol. The van der Waals surface area contributed by atoms with Crippen molar-refractivity contribution in [1.29, 1.82) is 0 Å². The molecule has 1 aromatic rings. The first-order chi connectivity index (χ1) is 8.59. The lowest BCUT2D eigenvalue weighted by Gasteiger charge is -2.12. The zero-order valence-electron chi connectivity index (χ0n) is 9.89. The third kappa shape index (κ3) is 2.42. The predicted octanol–water partition coefficient (Wildman–Crippen LogP) is 1.85. The largest absolute Gasteiger partial charge is 0.393 e. The molecule has 0 bridgehead atoms. The lowest BCUT2D eigenvalue weighted by Crippen LogP contribution is -2.33.